The van der Waals surface area contributed by atoms with Gasteiger partial charge in [0.15, 0.2) is 0 Å². The van der Waals surface area contributed by atoms with Crippen LogP contribution in [0.25, 0.3) is 0 Å². The van der Waals surface area contributed by atoms with Gasteiger partial charge < -0.3 is 5.32 Å². The van der Waals surface area contributed by atoms with E-state index in [1.807, 2.05) is 0 Å². The van der Waals surface area contributed by atoms with E-state index in [9.17, 15) is 0 Å². The van der Waals surface area contributed by atoms with E-state index >= 15 is 0 Å². The van der Waals surface area contributed by atoms with Crippen molar-refractivity contribution in [2.24, 2.45) is 5.92 Å². The summed E-state index contributed by atoms with van der Waals surface area (Å²) in [7, 11) is 0. The van der Waals surface area contributed by atoms with Crippen molar-refractivity contribution in [1.29, 1.82) is 0 Å². The molecule has 0 aliphatic heterocycles. The number of hydrogen-bond acceptors (Lipinski definition) is 2. The normalized spacial score (nSPS) is 18.1. The van der Waals surface area contributed by atoms with Crippen molar-refractivity contribution in [2.75, 3.05) is 6.54 Å². The monoisotopic (exact) mass is 235 g/mol. The third-order valence-corrected chi connectivity index (χ3v) is 3.79. The van der Waals surface area contributed by atoms with Gasteiger partial charge in [-0.15, -0.1) is 0 Å². The molecule has 0 bridgehead atoms. The zero-order chi connectivity index (χ0) is 12.3. The second kappa shape index (κ2) is 5.67. The molecule has 96 valence electrons. The molecule has 17 heavy (non-hydrogen) atoms. The molecule has 1 N–H and O–H groups in total. The van der Waals surface area contributed by atoms with E-state index in [0.717, 1.165) is 24.7 Å². The Labute approximate surface area is 105 Å². The number of aromatic nitrogens is 2. The molecule has 1 atom stereocenters. The number of rotatable bonds is 6. The van der Waals surface area contributed by atoms with E-state index in [2.05, 4.69) is 41.9 Å². The second-order valence-electron chi connectivity index (χ2n) is 5.15. The zero-order valence-electron chi connectivity index (χ0n) is 11.4. The van der Waals surface area contributed by atoms with Crippen LogP contribution in [-0.4, -0.2) is 16.3 Å². The Kier molecular flexibility index (Phi) is 4.21. The molecular weight excluding hydrogens is 210 g/mol. The lowest BCUT2D eigenvalue weighted by molar-refractivity contribution is 0.222. The van der Waals surface area contributed by atoms with E-state index in [1.165, 1.54) is 31.4 Å². The number of aryl methyl sites for hydroxylation is 2. The van der Waals surface area contributed by atoms with Crippen LogP contribution in [0.5, 0.6) is 0 Å². The van der Waals surface area contributed by atoms with E-state index in [-0.39, 0.29) is 0 Å². The lowest BCUT2D eigenvalue weighted by Crippen LogP contribution is -2.34. The molecule has 0 radical (unpaired) electrons. The number of hydrogen-bond donors (Lipinski definition) is 1. The summed E-state index contributed by atoms with van der Waals surface area (Å²) in [6, 6.07) is 2.78. The quantitative estimate of drug-likeness (QED) is 0.821. The number of nitrogens with one attached hydrogen (secondary N) is 1. The van der Waals surface area contributed by atoms with Gasteiger partial charge in [-0.25, -0.2) is 0 Å². The molecule has 1 saturated carbocycles. The van der Waals surface area contributed by atoms with Crippen molar-refractivity contribution in [3.05, 3.63) is 17.5 Å². The fraction of sp³-hybridized carbons (Fsp3) is 0.786. The standard InChI is InChI=1S/C14H25N3/c1-4-9-15-14(12-7-6-8-12)13-10-11(3)16-17(13)5-2/h10,12,14-15H,4-9H2,1-3H3. The SMILES string of the molecule is CCCNC(c1cc(C)nn1CC)C1CCC1. The molecule has 1 aromatic heterocycles. The minimum Gasteiger partial charge on any atom is -0.308 e. The maximum Gasteiger partial charge on any atom is 0.0597 e. The first-order valence-corrected chi connectivity index (χ1v) is 7.04. The maximum absolute atomic E-state index is 4.58. The van der Waals surface area contributed by atoms with Gasteiger partial charge in [-0.1, -0.05) is 13.3 Å². The first-order chi connectivity index (χ1) is 8.26. The Hall–Kier alpha value is -0.830. The van der Waals surface area contributed by atoms with Gasteiger partial charge in [0.1, 0.15) is 0 Å². The van der Waals surface area contributed by atoms with Gasteiger partial charge in [-0.2, -0.15) is 5.10 Å². The van der Waals surface area contributed by atoms with E-state index in [4.69, 9.17) is 0 Å². The van der Waals surface area contributed by atoms with Crippen LogP contribution in [0.1, 0.15) is 57.0 Å². The summed E-state index contributed by atoms with van der Waals surface area (Å²) in [5.74, 6) is 0.822. The summed E-state index contributed by atoms with van der Waals surface area (Å²) < 4.78 is 2.17. The number of nitrogens with zero attached hydrogens (tertiary/aromatic N) is 2. The van der Waals surface area contributed by atoms with E-state index in [1.54, 1.807) is 0 Å². The average molecular weight is 235 g/mol. The van der Waals surface area contributed by atoms with Gasteiger partial charge in [0.25, 0.3) is 0 Å². The third-order valence-electron chi connectivity index (χ3n) is 3.79. The van der Waals surface area contributed by atoms with Crippen LogP contribution < -0.4 is 5.32 Å². The summed E-state index contributed by atoms with van der Waals surface area (Å²) >= 11 is 0. The smallest absolute Gasteiger partial charge is 0.0597 e. The summed E-state index contributed by atoms with van der Waals surface area (Å²) in [5, 5.41) is 8.29. The van der Waals surface area contributed by atoms with Gasteiger partial charge in [0.2, 0.25) is 0 Å². The van der Waals surface area contributed by atoms with Crippen molar-refractivity contribution in [1.82, 2.24) is 15.1 Å². The molecule has 3 heteroatoms. The Morgan fingerprint density at radius 2 is 2.24 bits per heavy atom. The second-order valence-corrected chi connectivity index (χ2v) is 5.15. The topological polar surface area (TPSA) is 29.9 Å². The highest BCUT2D eigenvalue weighted by Gasteiger charge is 2.30. The Morgan fingerprint density at radius 3 is 2.76 bits per heavy atom. The lowest BCUT2D eigenvalue weighted by Gasteiger charge is -2.34. The fourth-order valence-corrected chi connectivity index (χ4v) is 2.65. The molecule has 1 aliphatic carbocycles. The molecule has 0 aromatic carbocycles. The highest BCUT2D eigenvalue weighted by Crippen LogP contribution is 2.37. The maximum atomic E-state index is 4.58. The summed E-state index contributed by atoms with van der Waals surface area (Å²) in [4.78, 5) is 0. The van der Waals surface area contributed by atoms with Crippen LogP contribution in [-0.2, 0) is 6.54 Å². The first-order valence-electron chi connectivity index (χ1n) is 7.04. The molecule has 0 spiro atoms. The minimum absolute atomic E-state index is 0.518. The predicted molar refractivity (Wildman–Crippen MR) is 71.0 cm³/mol. The van der Waals surface area contributed by atoms with Gasteiger partial charge in [-0.05, 0) is 51.6 Å². The van der Waals surface area contributed by atoms with Gasteiger partial charge >= 0.3 is 0 Å². The van der Waals surface area contributed by atoms with Gasteiger partial charge in [-0.3, -0.25) is 4.68 Å². The van der Waals surface area contributed by atoms with Crippen molar-refractivity contribution in [3.63, 3.8) is 0 Å². The molecule has 1 aromatic rings. The minimum atomic E-state index is 0.518. The molecule has 1 heterocycles. The molecule has 0 amide bonds. The van der Waals surface area contributed by atoms with Crippen LogP contribution in [0.4, 0.5) is 0 Å². The highest BCUT2D eigenvalue weighted by molar-refractivity contribution is 5.15. The fourth-order valence-electron chi connectivity index (χ4n) is 2.65. The van der Waals surface area contributed by atoms with E-state index in [0.29, 0.717) is 6.04 Å². The van der Waals surface area contributed by atoms with Crippen LogP contribution >= 0.6 is 0 Å². The lowest BCUT2D eigenvalue weighted by atomic mass is 9.78. The van der Waals surface area contributed by atoms with Gasteiger partial charge in [0, 0.05) is 6.54 Å². The Balaban J connectivity index is 2.17. The molecule has 0 saturated heterocycles. The third kappa shape index (κ3) is 2.71. The largest absolute Gasteiger partial charge is 0.308 e. The van der Waals surface area contributed by atoms with Crippen molar-refractivity contribution >= 4 is 0 Å². The predicted octanol–water partition coefficient (Wildman–Crippen LogP) is 3.05. The van der Waals surface area contributed by atoms with Crippen LogP contribution in [0.3, 0.4) is 0 Å². The van der Waals surface area contributed by atoms with Crippen molar-refractivity contribution in [3.8, 4) is 0 Å². The molecule has 3 nitrogen and oxygen atoms in total. The molecule has 1 fully saturated rings. The Morgan fingerprint density at radius 1 is 1.47 bits per heavy atom. The summed E-state index contributed by atoms with van der Waals surface area (Å²) in [5.41, 5.74) is 2.53. The zero-order valence-corrected chi connectivity index (χ0v) is 11.4. The van der Waals surface area contributed by atoms with E-state index < -0.39 is 0 Å². The average Bonchev–Trinajstić information content (AvgIpc) is 2.62. The van der Waals surface area contributed by atoms with Crippen LogP contribution in [0, 0.1) is 12.8 Å². The van der Waals surface area contributed by atoms with Gasteiger partial charge in [0.05, 0.1) is 17.4 Å². The highest BCUT2D eigenvalue weighted by atomic mass is 15.3. The Bertz CT molecular complexity index is 352. The molecular formula is C14H25N3. The van der Waals surface area contributed by atoms with Crippen LogP contribution in [0.2, 0.25) is 0 Å². The van der Waals surface area contributed by atoms with Crippen molar-refractivity contribution < 1.29 is 0 Å². The first kappa shape index (κ1) is 12.6. The molecule has 2 rings (SSSR count). The molecule has 1 aliphatic rings. The summed E-state index contributed by atoms with van der Waals surface area (Å²) in [6.07, 6.45) is 5.33. The molecule has 1 unspecified atom stereocenters. The van der Waals surface area contributed by atoms with Crippen LogP contribution in [0.15, 0.2) is 6.07 Å². The summed E-state index contributed by atoms with van der Waals surface area (Å²) in [6.45, 7) is 8.57. The van der Waals surface area contributed by atoms with Crippen molar-refractivity contribution in [2.45, 2.75) is 59.0 Å².